The van der Waals surface area contributed by atoms with E-state index in [4.69, 9.17) is 4.74 Å². The Morgan fingerprint density at radius 3 is 2.70 bits per heavy atom. The van der Waals surface area contributed by atoms with Gasteiger partial charge in [0.2, 0.25) is 0 Å². The van der Waals surface area contributed by atoms with E-state index in [-0.39, 0.29) is 0 Å². The molecule has 0 spiro atoms. The van der Waals surface area contributed by atoms with Crippen LogP contribution in [0, 0.1) is 5.92 Å². The van der Waals surface area contributed by atoms with Gasteiger partial charge in [-0.25, -0.2) is 4.79 Å². The fraction of sp³-hybridized carbons (Fsp3) is 0.692. The number of nitrogens with zero attached hydrogens (tertiary/aromatic N) is 1. The van der Waals surface area contributed by atoms with Gasteiger partial charge in [-0.2, -0.15) is 0 Å². The Balaban J connectivity index is 2.21. The van der Waals surface area contributed by atoms with Crippen molar-refractivity contribution in [2.45, 2.75) is 51.2 Å². The Morgan fingerprint density at radius 2 is 2.10 bits per heavy atom. The first kappa shape index (κ1) is 15.0. The first-order valence-electron chi connectivity index (χ1n) is 6.77. The molecule has 0 amide bonds. The second-order valence-electron chi connectivity index (χ2n) is 5.31. The predicted octanol–water partition coefficient (Wildman–Crippen LogP) is -0.408. The number of aromatic nitrogens is 2. The molecule has 1 aromatic rings. The van der Waals surface area contributed by atoms with E-state index in [2.05, 4.69) is 4.98 Å². The van der Waals surface area contributed by atoms with E-state index in [1.165, 1.54) is 12.3 Å². The van der Waals surface area contributed by atoms with Crippen LogP contribution >= 0.6 is 0 Å². The van der Waals surface area contributed by atoms with E-state index in [9.17, 15) is 19.8 Å². The van der Waals surface area contributed by atoms with Gasteiger partial charge in [-0.05, 0) is 12.3 Å². The van der Waals surface area contributed by atoms with Crippen molar-refractivity contribution in [3.63, 3.8) is 0 Å². The summed E-state index contributed by atoms with van der Waals surface area (Å²) in [6, 6.07) is 1.17. The molecule has 7 heteroatoms. The van der Waals surface area contributed by atoms with Crippen LogP contribution in [0.1, 0.15) is 32.9 Å². The summed E-state index contributed by atoms with van der Waals surface area (Å²) in [7, 11) is 0. The Labute approximate surface area is 115 Å². The minimum Gasteiger partial charge on any atom is -0.388 e. The third-order valence-corrected chi connectivity index (χ3v) is 3.79. The number of hydrogen-bond acceptors (Lipinski definition) is 5. The molecule has 1 aliphatic heterocycles. The van der Waals surface area contributed by atoms with Crippen LogP contribution < -0.4 is 11.2 Å². The van der Waals surface area contributed by atoms with Crippen molar-refractivity contribution in [1.29, 1.82) is 0 Å². The van der Waals surface area contributed by atoms with E-state index in [0.29, 0.717) is 12.3 Å². The number of hydrogen-bond donors (Lipinski definition) is 3. The van der Waals surface area contributed by atoms with Gasteiger partial charge in [0.05, 0.1) is 6.10 Å². The summed E-state index contributed by atoms with van der Waals surface area (Å²) >= 11 is 0. The SMILES string of the molecule is CCC(C)C[C@H]1O[C@@H](n2ccc(=O)[nH]c2=O)[C@H](O)[C@@H]1O. The van der Waals surface area contributed by atoms with Crippen LogP contribution in [0.5, 0.6) is 0 Å². The summed E-state index contributed by atoms with van der Waals surface area (Å²) in [4.78, 5) is 24.8. The molecule has 1 unspecified atom stereocenters. The zero-order valence-electron chi connectivity index (χ0n) is 11.5. The first-order chi connectivity index (χ1) is 9.43. The maximum Gasteiger partial charge on any atom is 0.330 e. The maximum absolute atomic E-state index is 11.7. The highest BCUT2D eigenvalue weighted by molar-refractivity contribution is 4.93. The lowest BCUT2D eigenvalue weighted by Gasteiger charge is -2.18. The van der Waals surface area contributed by atoms with Crippen LogP contribution in [0.3, 0.4) is 0 Å². The second kappa shape index (κ2) is 5.90. The van der Waals surface area contributed by atoms with Gasteiger partial charge in [0.15, 0.2) is 6.23 Å². The highest BCUT2D eigenvalue weighted by Crippen LogP contribution is 2.32. The maximum atomic E-state index is 11.7. The highest BCUT2D eigenvalue weighted by Gasteiger charge is 2.44. The standard InChI is InChI=1S/C13H20N2O5/c1-3-7(2)6-8-10(17)11(18)12(20-8)15-5-4-9(16)14-13(15)19/h4-5,7-8,10-12,17-18H,3,6H2,1-2H3,(H,14,16,19)/t7?,8-,10-,11-,12-/m1/s1. The quantitative estimate of drug-likeness (QED) is 0.697. The van der Waals surface area contributed by atoms with E-state index < -0.39 is 35.8 Å². The minimum absolute atomic E-state index is 0.341. The molecule has 20 heavy (non-hydrogen) atoms. The van der Waals surface area contributed by atoms with Gasteiger partial charge in [-0.3, -0.25) is 14.3 Å². The third kappa shape index (κ3) is 2.84. The number of ether oxygens (including phenoxy) is 1. The minimum atomic E-state index is -1.20. The van der Waals surface area contributed by atoms with Crippen molar-refractivity contribution in [3.8, 4) is 0 Å². The number of rotatable bonds is 4. The Morgan fingerprint density at radius 1 is 1.40 bits per heavy atom. The van der Waals surface area contributed by atoms with Crippen molar-refractivity contribution < 1.29 is 14.9 Å². The molecule has 0 radical (unpaired) electrons. The van der Waals surface area contributed by atoms with E-state index in [1.807, 2.05) is 13.8 Å². The molecule has 5 atom stereocenters. The molecule has 1 aliphatic rings. The van der Waals surface area contributed by atoms with Crippen LogP contribution in [-0.2, 0) is 4.74 Å². The Bertz CT molecular complexity index is 566. The van der Waals surface area contributed by atoms with E-state index in [0.717, 1.165) is 11.0 Å². The molecule has 1 saturated heterocycles. The largest absolute Gasteiger partial charge is 0.388 e. The molecule has 3 N–H and O–H groups in total. The summed E-state index contributed by atoms with van der Waals surface area (Å²) in [6.07, 6.45) is -0.962. The van der Waals surface area contributed by atoms with Gasteiger partial charge in [-0.1, -0.05) is 20.3 Å². The van der Waals surface area contributed by atoms with Gasteiger partial charge in [0.25, 0.3) is 5.56 Å². The lowest BCUT2D eigenvalue weighted by Crippen LogP contribution is -2.37. The fourth-order valence-corrected chi connectivity index (χ4v) is 2.34. The molecule has 7 nitrogen and oxygen atoms in total. The topological polar surface area (TPSA) is 105 Å². The molecular formula is C13H20N2O5. The lowest BCUT2D eigenvalue weighted by atomic mass is 9.97. The number of aliphatic hydroxyl groups excluding tert-OH is 2. The van der Waals surface area contributed by atoms with Gasteiger partial charge < -0.3 is 14.9 Å². The van der Waals surface area contributed by atoms with Gasteiger partial charge >= 0.3 is 5.69 Å². The van der Waals surface area contributed by atoms with Crippen LogP contribution in [0.25, 0.3) is 0 Å². The summed E-state index contributed by atoms with van der Waals surface area (Å²) < 4.78 is 6.70. The van der Waals surface area contributed by atoms with Crippen molar-refractivity contribution >= 4 is 0 Å². The summed E-state index contributed by atoms with van der Waals surface area (Å²) in [6.45, 7) is 4.06. The summed E-state index contributed by atoms with van der Waals surface area (Å²) in [5.74, 6) is 0.341. The molecule has 0 bridgehead atoms. The number of H-pyrrole nitrogens is 1. The van der Waals surface area contributed by atoms with Crippen molar-refractivity contribution in [3.05, 3.63) is 33.1 Å². The van der Waals surface area contributed by atoms with Gasteiger partial charge in [0.1, 0.15) is 12.2 Å². The summed E-state index contributed by atoms with van der Waals surface area (Å²) in [5.41, 5.74) is -1.19. The molecule has 0 aliphatic carbocycles. The third-order valence-electron chi connectivity index (χ3n) is 3.79. The molecule has 1 fully saturated rings. The average molecular weight is 284 g/mol. The molecule has 0 aromatic carbocycles. The van der Waals surface area contributed by atoms with E-state index >= 15 is 0 Å². The van der Waals surface area contributed by atoms with Crippen molar-refractivity contribution in [2.24, 2.45) is 5.92 Å². The first-order valence-corrected chi connectivity index (χ1v) is 6.77. The highest BCUT2D eigenvalue weighted by atomic mass is 16.6. The smallest absolute Gasteiger partial charge is 0.330 e. The second-order valence-corrected chi connectivity index (χ2v) is 5.31. The lowest BCUT2D eigenvalue weighted by molar-refractivity contribution is -0.0454. The molecule has 112 valence electrons. The predicted molar refractivity (Wildman–Crippen MR) is 71.3 cm³/mol. The van der Waals surface area contributed by atoms with Gasteiger partial charge in [-0.15, -0.1) is 0 Å². The number of aromatic amines is 1. The number of aliphatic hydroxyl groups is 2. The van der Waals surface area contributed by atoms with Crippen LogP contribution in [0.15, 0.2) is 21.9 Å². The fourth-order valence-electron chi connectivity index (χ4n) is 2.34. The van der Waals surface area contributed by atoms with Crippen molar-refractivity contribution in [1.82, 2.24) is 9.55 Å². The van der Waals surface area contributed by atoms with Gasteiger partial charge in [0, 0.05) is 12.3 Å². The normalized spacial score (nSPS) is 31.4. The average Bonchev–Trinajstić information content (AvgIpc) is 2.67. The monoisotopic (exact) mass is 284 g/mol. The molecule has 0 saturated carbocycles. The molecular weight excluding hydrogens is 264 g/mol. The zero-order valence-corrected chi connectivity index (χ0v) is 11.5. The zero-order chi connectivity index (χ0) is 14.9. The van der Waals surface area contributed by atoms with E-state index in [1.54, 1.807) is 0 Å². The van der Waals surface area contributed by atoms with Crippen molar-refractivity contribution in [2.75, 3.05) is 0 Å². The molecule has 1 aromatic heterocycles. The van der Waals surface area contributed by atoms with Crippen LogP contribution in [0.4, 0.5) is 0 Å². The number of nitrogens with one attached hydrogen (secondary N) is 1. The Kier molecular flexibility index (Phi) is 4.42. The molecule has 2 heterocycles. The van der Waals surface area contributed by atoms with Crippen LogP contribution in [0.2, 0.25) is 0 Å². The van der Waals surface area contributed by atoms with Crippen LogP contribution in [-0.4, -0.2) is 38.1 Å². The summed E-state index contributed by atoms with van der Waals surface area (Å²) in [5, 5.41) is 20.1. The Hall–Kier alpha value is -1.44. The molecule has 2 rings (SSSR count).